The fourth-order valence-corrected chi connectivity index (χ4v) is 3.16. The summed E-state index contributed by atoms with van der Waals surface area (Å²) in [6.07, 6.45) is 2.05. The molecule has 1 unspecified atom stereocenters. The molecule has 0 amide bonds. The maximum absolute atomic E-state index is 11.2. The summed E-state index contributed by atoms with van der Waals surface area (Å²) in [6, 6.07) is 0.608. The second-order valence-electron chi connectivity index (χ2n) is 4.79. The van der Waals surface area contributed by atoms with Crippen molar-refractivity contribution in [3.05, 3.63) is 0 Å². The summed E-state index contributed by atoms with van der Waals surface area (Å²) in [5.41, 5.74) is 0. The minimum atomic E-state index is -2.81. The Morgan fingerprint density at radius 2 is 1.94 bits per heavy atom. The number of hydrogen-bond acceptors (Lipinski definition) is 5. The monoisotopic (exact) mass is 248 g/mol. The van der Waals surface area contributed by atoms with Gasteiger partial charge in [0.2, 0.25) is 0 Å². The minimum absolute atomic E-state index is 0.232. The first-order valence-electron chi connectivity index (χ1n) is 5.89. The van der Waals surface area contributed by atoms with Crippen LogP contribution in [0, 0.1) is 0 Å². The van der Waals surface area contributed by atoms with E-state index in [1.807, 2.05) is 4.90 Å². The first-order chi connectivity index (χ1) is 7.55. The van der Waals surface area contributed by atoms with Crippen molar-refractivity contribution in [2.24, 2.45) is 0 Å². The number of sulfone groups is 1. The van der Waals surface area contributed by atoms with Crippen LogP contribution < -0.4 is 5.32 Å². The van der Waals surface area contributed by atoms with Crippen molar-refractivity contribution in [2.75, 3.05) is 37.7 Å². The lowest BCUT2D eigenvalue weighted by atomic mass is 10.3. The maximum Gasteiger partial charge on any atom is 0.152 e. The second-order valence-corrected chi connectivity index (χ2v) is 7.09. The maximum atomic E-state index is 11.2. The van der Waals surface area contributed by atoms with Crippen LogP contribution in [0.25, 0.3) is 0 Å². The van der Waals surface area contributed by atoms with Crippen molar-refractivity contribution < 1.29 is 13.5 Å². The Kier molecular flexibility index (Phi) is 3.84. The normalized spacial score (nSPS) is 27.8. The molecule has 0 aromatic rings. The van der Waals surface area contributed by atoms with Crippen molar-refractivity contribution in [3.63, 3.8) is 0 Å². The van der Waals surface area contributed by atoms with Gasteiger partial charge in [0.05, 0.1) is 17.6 Å². The topological polar surface area (TPSA) is 69.6 Å². The first kappa shape index (κ1) is 12.3. The average molecular weight is 248 g/mol. The van der Waals surface area contributed by atoms with Gasteiger partial charge >= 0.3 is 0 Å². The number of aliphatic hydroxyl groups is 1. The van der Waals surface area contributed by atoms with E-state index >= 15 is 0 Å². The Morgan fingerprint density at radius 3 is 2.50 bits per heavy atom. The molecule has 2 N–H and O–H groups in total. The number of nitrogens with zero attached hydrogens (tertiary/aromatic N) is 1. The lowest BCUT2D eigenvalue weighted by Crippen LogP contribution is -2.46. The molecule has 0 radical (unpaired) electrons. The third kappa shape index (κ3) is 4.01. The van der Waals surface area contributed by atoms with Gasteiger partial charge < -0.3 is 10.4 Å². The molecule has 16 heavy (non-hydrogen) atoms. The molecule has 1 heterocycles. The molecule has 2 fully saturated rings. The fraction of sp³-hybridized carbons (Fsp3) is 1.00. The fourth-order valence-electron chi connectivity index (χ4n) is 1.89. The largest absolute Gasteiger partial charge is 0.390 e. The van der Waals surface area contributed by atoms with Gasteiger partial charge in [0.25, 0.3) is 0 Å². The number of hydrogen-bond donors (Lipinski definition) is 2. The Balaban J connectivity index is 1.65. The van der Waals surface area contributed by atoms with Gasteiger partial charge in [-0.3, -0.25) is 4.90 Å². The summed E-state index contributed by atoms with van der Waals surface area (Å²) < 4.78 is 22.4. The highest BCUT2D eigenvalue weighted by Crippen LogP contribution is 2.18. The van der Waals surface area contributed by atoms with Crippen molar-refractivity contribution in [2.45, 2.75) is 25.0 Å². The quantitative estimate of drug-likeness (QED) is 0.641. The Labute approximate surface area is 96.7 Å². The lowest BCUT2D eigenvalue weighted by Gasteiger charge is -2.28. The molecule has 0 bridgehead atoms. The van der Waals surface area contributed by atoms with Crippen LogP contribution in [0.3, 0.4) is 0 Å². The molecule has 0 aromatic heterocycles. The predicted octanol–water partition coefficient (Wildman–Crippen LogP) is -1.17. The van der Waals surface area contributed by atoms with E-state index in [2.05, 4.69) is 5.32 Å². The van der Waals surface area contributed by atoms with Gasteiger partial charge in [-0.15, -0.1) is 0 Å². The number of rotatable bonds is 5. The molecule has 0 aromatic carbocycles. The Bertz CT molecular complexity index is 313. The van der Waals surface area contributed by atoms with Crippen LogP contribution in [0.5, 0.6) is 0 Å². The van der Waals surface area contributed by atoms with E-state index in [9.17, 15) is 13.5 Å². The van der Waals surface area contributed by atoms with E-state index in [1.165, 1.54) is 12.8 Å². The van der Waals surface area contributed by atoms with E-state index in [4.69, 9.17) is 0 Å². The SMILES string of the molecule is O=S1(=O)CCN(CC(O)CNC2CC2)CC1. The zero-order valence-corrected chi connectivity index (χ0v) is 10.2. The molecule has 0 spiro atoms. The zero-order valence-electron chi connectivity index (χ0n) is 9.43. The predicted molar refractivity (Wildman–Crippen MR) is 62.1 cm³/mol. The summed E-state index contributed by atoms with van der Waals surface area (Å²) in [5, 5.41) is 13.0. The van der Waals surface area contributed by atoms with Crippen LogP contribution in [0.4, 0.5) is 0 Å². The molecule has 1 saturated carbocycles. The van der Waals surface area contributed by atoms with E-state index in [-0.39, 0.29) is 17.6 Å². The van der Waals surface area contributed by atoms with Crippen LogP contribution in [0.15, 0.2) is 0 Å². The van der Waals surface area contributed by atoms with E-state index in [0.29, 0.717) is 32.2 Å². The third-order valence-electron chi connectivity index (χ3n) is 3.13. The van der Waals surface area contributed by atoms with Crippen LogP contribution in [-0.4, -0.2) is 68.3 Å². The van der Waals surface area contributed by atoms with Crippen molar-refractivity contribution >= 4 is 9.84 Å². The molecule has 5 nitrogen and oxygen atoms in total. The Morgan fingerprint density at radius 1 is 1.31 bits per heavy atom. The molecule has 2 rings (SSSR count). The van der Waals surface area contributed by atoms with Crippen molar-refractivity contribution in [3.8, 4) is 0 Å². The van der Waals surface area contributed by atoms with Crippen LogP contribution in [-0.2, 0) is 9.84 Å². The van der Waals surface area contributed by atoms with Gasteiger partial charge in [0.1, 0.15) is 0 Å². The molecule has 1 atom stereocenters. The molecule has 1 aliphatic heterocycles. The average Bonchev–Trinajstić information content (AvgIpc) is 3.02. The summed E-state index contributed by atoms with van der Waals surface area (Å²) >= 11 is 0. The van der Waals surface area contributed by atoms with Crippen molar-refractivity contribution in [1.29, 1.82) is 0 Å². The van der Waals surface area contributed by atoms with Gasteiger partial charge in [-0.25, -0.2) is 8.42 Å². The summed E-state index contributed by atoms with van der Waals surface area (Å²) in [6.45, 7) is 2.31. The molecule has 94 valence electrons. The number of aliphatic hydroxyl groups excluding tert-OH is 1. The smallest absolute Gasteiger partial charge is 0.152 e. The first-order valence-corrected chi connectivity index (χ1v) is 7.71. The highest BCUT2D eigenvalue weighted by atomic mass is 32.2. The van der Waals surface area contributed by atoms with E-state index < -0.39 is 9.84 Å². The molecule has 1 saturated heterocycles. The van der Waals surface area contributed by atoms with E-state index in [1.54, 1.807) is 0 Å². The highest BCUT2D eigenvalue weighted by molar-refractivity contribution is 7.91. The third-order valence-corrected chi connectivity index (χ3v) is 4.73. The number of nitrogens with one attached hydrogen (secondary N) is 1. The molecule has 2 aliphatic rings. The number of β-amino-alcohol motifs (C(OH)–C–C–N with tert-alkyl or cyclic N) is 1. The van der Waals surface area contributed by atoms with Crippen LogP contribution >= 0.6 is 0 Å². The van der Waals surface area contributed by atoms with Gasteiger partial charge in [-0.2, -0.15) is 0 Å². The summed E-state index contributed by atoms with van der Waals surface area (Å²) in [5.74, 6) is 0.464. The van der Waals surface area contributed by atoms with Gasteiger partial charge in [0.15, 0.2) is 9.84 Å². The van der Waals surface area contributed by atoms with Gasteiger partial charge in [0, 0.05) is 32.2 Å². The van der Waals surface area contributed by atoms with Crippen molar-refractivity contribution in [1.82, 2.24) is 10.2 Å². The molecular weight excluding hydrogens is 228 g/mol. The standard InChI is InChI=1S/C10H20N2O3S/c13-10(7-11-9-1-2-9)8-12-3-5-16(14,15)6-4-12/h9-11,13H,1-8H2. The van der Waals surface area contributed by atoms with Crippen LogP contribution in [0.1, 0.15) is 12.8 Å². The second kappa shape index (κ2) is 5.00. The van der Waals surface area contributed by atoms with Crippen LogP contribution in [0.2, 0.25) is 0 Å². The molecule has 6 heteroatoms. The lowest BCUT2D eigenvalue weighted by molar-refractivity contribution is 0.115. The molecule has 1 aliphatic carbocycles. The molecular formula is C10H20N2O3S. The Hall–Kier alpha value is -0.170. The zero-order chi connectivity index (χ0) is 11.6. The minimum Gasteiger partial charge on any atom is -0.390 e. The van der Waals surface area contributed by atoms with Gasteiger partial charge in [-0.05, 0) is 12.8 Å². The highest BCUT2D eigenvalue weighted by Gasteiger charge is 2.24. The summed E-state index contributed by atoms with van der Waals surface area (Å²) in [7, 11) is -2.81. The van der Waals surface area contributed by atoms with Gasteiger partial charge in [-0.1, -0.05) is 0 Å². The summed E-state index contributed by atoms with van der Waals surface area (Å²) in [4.78, 5) is 2.03. The van der Waals surface area contributed by atoms with E-state index in [0.717, 1.165) is 0 Å².